The van der Waals surface area contributed by atoms with Gasteiger partial charge in [0.1, 0.15) is 12.1 Å². The summed E-state index contributed by atoms with van der Waals surface area (Å²) in [6.45, 7) is 8.18. The predicted molar refractivity (Wildman–Crippen MR) is 114 cm³/mol. The summed E-state index contributed by atoms with van der Waals surface area (Å²) in [5, 5.41) is 5.72. The highest BCUT2D eigenvalue weighted by atomic mass is 32.2. The van der Waals surface area contributed by atoms with E-state index < -0.39 is 18.1 Å². The molecule has 0 bridgehead atoms. The van der Waals surface area contributed by atoms with Crippen LogP contribution in [0.4, 0.5) is 0 Å². The Hall–Kier alpha value is -1.24. The maximum Gasteiger partial charge on any atom is 0.328 e. The summed E-state index contributed by atoms with van der Waals surface area (Å²) >= 11 is 1.63. The topological polar surface area (TPSA) is 84.5 Å². The van der Waals surface area contributed by atoms with Gasteiger partial charge in [0.15, 0.2) is 0 Å². The largest absolute Gasteiger partial charge is 0.467 e. The number of thioether (sulfide) groups is 1. The highest BCUT2D eigenvalue weighted by molar-refractivity contribution is 7.98. The molecule has 162 valence electrons. The Labute approximate surface area is 174 Å². The van der Waals surface area contributed by atoms with Gasteiger partial charge in [0, 0.05) is 5.92 Å². The van der Waals surface area contributed by atoms with E-state index in [0.29, 0.717) is 18.3 Å². The Morgan fingerprint density at radius 3 is 2.11 bits per heavy atom. The van der Waals surface area contributed by atoms with Crippen LogP contribution in [0.25, 0.3) is 0 Å². The molecule has 0 radical (unpaired) electrons. The second kappa shape index (κ2) is 12.3. The Morgan fingerprint density at radius 2 is 1.64 bits per heavy atom. The molecular weight excluding hydrogens is 376 g/mol. The van der Waals surface area contributed by atoms with Crippen molar-refractivity contribution in [3.63, 3.8) is 0 Å². The van der Waals surface area contributed by atoms with Crippen LogP contribution in [-0.4, -0.2) is 49.0 Å². The molecule has 2 atom stereocenters. The maximum atomic E-state index is 12.8. The SMILES string of the molecule is COC(=O)[C@H](NC(=O)[C@@H](CCSC)NC(=O)C1CCC(C(C)C)CC1)C(C)C. The van der Waals surface area contributed by atoms with E-state index in [1.54, 1.807) is 11.8 Å². The van der Waals surface area contributed by atoms with Crippen molar-refractivity contribution < 1.29 is 19.1 Å². The molecule has 0 aromatic rings. The lowest BCUT2D eigenvalue weighted by atomic mass is 9.76. The summed E-state index contributed by atoms with van der Waals surface area (Å²) in [4.78, 5) is 37.5. The Morgan fingerprint density at radius 1 is 1.04 bits per heavy atom. The van der Waals surface area contributed by atoms with Crippen LogP contribution in [-0.2, 0) is 19.1 Å². The second-order valence-electron chi connectivity index (χ2n) is 8.45. The molecule has 0 heterocycles. The van der Waals surface area contributed by atoms with Crippen LogP contribution in [0.5, 0.6) is 0 Å². The van der Waals surface area contributed by atoms with Crippen LogP contribution in [0.3, 0.4) is 0 Å². The van der Waals surface area contributed by atoms with Crippen molar-refractivity contribution in [1.82, 2.24) is 10.6 Å². The standard InChI is InChI=1S/C21H38N2O4S/c1-13(2)15-7-9-16(10-8-15)19(24)22-17(11-12-28-6)20(25)23-18(14(3)4)21(26)27-5/h13-18H,7-12H2,1-6H3,(H,22,24)(H,23,25)/t15?,16?,17-,18-/m1/s1. The van der Waals surface area contributed by atoms with E-state index >= 15 is 0 Å². The van der Waals surface area contributed by atoms with Crippen molar-refractivity contribution in [3.8, 4) is 0 Å². The van der Waals surface area contributed by atoms with Gasteiger partial charge < -0.3 is 15.4 Å². The van der Waals surface area contributed by atoms with Crippen molar-refractivity contribution in [2.45, 2.75) is 71.9 Å². The van der Waals surface area contributed by atoms with Crippen LogP contribution in [0.1, 0.15) is 59.8 Å². The van der Waals surface area contributed by atoms with E-state index in [1.807, 2.05) is 20.1 Å². The number of hydrogen-bond donors (Lipinski definition) is 2. The first kappa shape index (κ1) is 24.8. The summed E-state index contributed by atoms with van der Waals surface area (Å²) in [5.41, 5.74) is 0. The van der Waals surface area contributed by atoms with Crippen LogP contribution < -0.4 is 10.6 Å². The molecule has 0 aromatic carbocycles. The number of hydrogen-bond acceptors (Lipinski definition) is 5. The fraction of sp³-hybridized carbons (Fsp3) is 0.857. The molecular formula is C21H38N2O4S. The molecule has 0 saturated heterocycles. The third kappa shape index (κ3) is 7.64. The molecule has 2 amide bonds. The summed E-state index contributed by atoms with van der Waals surface area (Å²) in [6, 6.07) is -1.35. The van der Waals surface area contributed by atoms with E-state index in [2.05, 4.69) is 24.5 Å². The number of carbonyl (C=O) groups excluding carboxylic acids is 3. The summed E-state index contributed by atoms with van der Waals surface area (Å²) in [5.74, 6) is 1.14. The van der Waals surface area contributed by atoms with Crippen LogP contribution in [0.15, 0.2) is 0 Å². The zero-order valence-corrected chi connectivity index (χ0v) is 19.1. The number of nitrogens with one attached hydrogen (secondary N) is 2. The lowest BCUT2D eigenvalue weighted by Crippen LogP contribution is -2.54. The molecule has 1 aliphatic carbocycles. The van der Waals surface area contributed by atoms with Crippen molar-refractivity contribution in [1.29, 1.82) is 0 Å². The van der Waals surface area contributed by atoms with Gasteiger partial charge in [0.2, 0.25) is 11.8 Å². The molecule has 1 aliphatic rings. The Balaban J connectivity index is 2.72. The molecule has 0 spiro atoms. The number of esters is 1. The minimum absolute atomic E-state index is 0.0268. The molecule has 28 heavy (non-hydrogen) atoms. The van der Waals surface area contributed by atoms with Crippen LogP contribution >= 0.6 is 11.8 Å². The van der Waals surface area contributed by atoms with E-state index in [9.17, 15) is 14.4 Å². The maximum absolute atomic E-state index is 12.8. The first-order valence-electron chi connectivity index (χ1n) is 10.4. The van der Waals surface area contributed by atoms with E-state index in [4.69, 9.17) is 4.74 Å². The third-order valence-corrected chi connectivity index (χ3v) is 6.39. The molecule has 1 fully saturated rings. The van der Waals surface area contributed by atoms with E-state index in [1.165, 1.54) is 7.11 Å². The van der Waals surface area contributed by atoms with Gasteiger partial charge in [-0.3, -0.25) is 9.59 Å². The average Bonchev–Trinajstić information content (AvgIpc) is 2.67. The normalized spacial score (nSPS) is 21.9. The van der Waals surface area contributed by atoms with E-state index in [0.717, 1.165) is 31.4 Å². The Bertz CT molecular complexity index is 517. The van der Waals surface area contributed by atoms with Gasteiger partial charge in [0.25, 0.3) is 0 Å². The first-order chi connectivity index (χ1) is 13.2. The molecule has 1 saturated carbocycles. The highest BCUT2D eigenvalue weighted by Gasteiger charge is 2.32. The number of amides is 2. The fourth-order valence-corrected chi connectivity index (χ4v) is 4.19. The zero-order valence-electron chi connectivity index (χ0n) is 18.2. The Kier molecular flexibility index (Phi) is 10.9. The minimum atomic E-state index is -0.715. The van der Waals surface area contributed by atoms with Gasteiger partial charge in [-0.1, -0.05) is 27.7 Å². The molecule has 0 aromatic heterocycles. The quantitative estimate of drug-likeness (QED) is 0.537. The number of ether oxygens (including phenoxy) is 1. The molecule has 7 heteroatoms. The van der Waals surface area contributed by atoms with Crippen molar-refractivity contribution in [2.75, 3.05) is 19.1 Å². The van der Waals surface area contributed by atoms with Crippen molar-refractivity contribution in [3.05, 3.63) is 0 Å². The highest BCUT2D eigenvalue weighted by Crippen LogP contribution is 2.33. The first-order valence-corrected chi connectivity index (χ1v) is 11.8. The van der Waals surface area contributed by atoms with Crippen LogP contribution in [0.2, 0.25) is 0 Å². The average molecular weight is 415 g/mol. The number of rotatable bonds is 10. The summed E-state index contributed by atoms with van der Waals surface area (Å²) < 4.78 is 4.80. The van der Waals surface area contributed by atoms with Gasteiger partial charge >= 0.3 is 5.97 Å². The second-order valence-corrected chi connectivity index (χ2v) is 9.44. The third-order valence-electron chi connectivity index (χ3n) is 5.75. The minimum Gasteiger partial charge on any atom is -0.467 e. The van der Waals surface area contributed by atoms with Gasteiger partial charge in [-0.25, -0.2) is 4.79 Å². The smallest absolute Gasteiger partial charge is 0.328 e. The zero-order chi connectivity index (χ0) is 21.3. The molecule has 0 aliphatic heterocycles. The van der Waals surface area contributed by atoms with Crippen LogP contribution in [0, 0.1) is 23.7 Å². The molecule has 1 rings (SSSR count). The summed E-state index contributed by atoms with van der Waals surface area (Å²) in [6.07, 6.45) is 6.39. The molecule has 2 N–H and O–H groups in total. The van der Waals surface area contributed by atoms with Gasteiger partial charge in [-0.15, -0.1) is 0 Å². The van der Waals surface area contributed by atoms with Gasteiger partial charge in [-0.2, -0.15) is 11.8 Å². The summed E-state index contributed by atoms with van der Waals surface area (Å²) in [7, 11) is 1.31. The van der Waals surface area contributed by atoms with E-state index in [-0.39, 0.29) is 23.7 Å². The number of carbonyl (C=O) groups is 3. The van der Waals surface area contributed by atoms with Gasteiger partial charge in [0.05, 0.1) is 7.11 Å². The lowest BCUT2D eigenvalue weighted by Gasteiger charge is -2.31. The lowest BCUT2D eigenvalue weighted by molar-refractivity contribution is -0.146. The monoisotopic (exact) mass is 414 g/mol. The van der Waals surface area contributed by atoms with Crippen molar-refractivity contribution in [2.24, 2.45) is 23.7 Å². The fourth-order valence-electron chi connectivity index (χ4n) is 3.72. The predicted octanol–water partition coefficient (Wildman–Crippen LogP) is 3.00. The molecule has 0 unspecified atom stereocenters. The van der Waals surface area contributed by atoms with Crippen molar-refractivity contribution >= 4 is 29.5 Å². The molecule has 6 nitrogen and oxygen atoms in total. The number of methoxy groups -OCH3 is 1. The van der Waals surface area contributed by atoms with Gasteiger partial charge in [-0.05, 0) is 61.9 Å².